The third kappa shape index (κ3) is 11.6. The van der Waals surface area contributed by atoms with Crippen LogP contribution in [0.2, 0.25) is 0 Å². The van der Waals surface area contributed by atoms with Crippen LogP contribution in [0.3, 0.4) is 0 Å². The summed E-state index contributed by atoms with van der Waals surface area (Å²) in [6.45, 7) is 8.87. The average Bonchev–Trinajstić information content (AvgIpc) is 3.44. The summed E-state index contributed by atoms with van der Waals surface area (Å²) in [5.41, 5.74) is 23.6. The fourth-order valence-corrected chi connectivity index (χ4v) is 10.4. The first-order chi connectivity index (χ1) is 35.4. The van der Waals surface area contributed by atoms with Gasteiger partial charge in [0.1, 0.15) is 0 Å². The number of anilines is 6. The van der Waals surface area contributed by atoms with Crippen molar-refractivity contribution in [3.05, 3.63) is 282 Å². The molecular weight excluding hydrogens is 901 g/mol. The van der Waals surface area contributed by atoms with Gasteiger partial charge in [-0.05, 0) is 182 Å². The molecule has 0 heterocycles. The van der Waals surface area contributed by atoms with Crippen molar-refractivity contribution in [3.8, 4) is 33.4 Å². The van der Waals surface area contributed by atoms with Crippen LogP contribution >= 0.6 is 13.5 Å². The molecule has 0 saturated heterocycles. The number of nitrogens with zero attached hydrogens (tertiary/aromatic N) is 2. The van der Waals surface area contributed by atoms with Gasteiger partial charge in [0.15, 0.2) is 0 Å². The molecule has 2 nitrogen and oxygen atoms in total. The van der Waals surface area contributed by atoms with Crippen molar-refractivity contribution in [2.45, 2.75) is 65.7 Å². The zero-order chi connectivity index (χ0) is 49.2. The van der Waals surface area contributed by atoms with Crippen LogP contribution in [0.5, 0.6) is 0 Å². The maximum Gasteiger partial charge on any atom is 0.0493 e. The van der Waals surface area contributed by atoms with Crippen molar-refractivity contribution in [1.29, 1.82) is 0 Å². The first kappa shape index (κ1) is 50.1. The summed E-state index contributed by atoms with van der Waals surface area (Å²) in [4.78, 5) is 4.85. The minimum Gasteiger partial charge on any atom is -0.310 e. The van der Waals surface area contributed by atoms with Gasteiger partial charge in [0.05, 0.1) is 0 Å². The van der Waals surface area contributed by atoms with Crippen molar-refractivity contribution in [2.24, 2.45) is 0 Å². The summed E-state index contributed by atoms with van der Waals surface area (Å²) < 4.78 is 0. The SMILES string of the molecule is CC1=C(c2ccccc2C)C=CCC1.Cc1ccc(-c2ccc(N(c3cccc(N(c4cccc(-c5ccccc5)c4)c4cccc(-c5ccccc5)c4)c3)c3cccc(C4C=CCCC4)c3C)cc2)cc1.S. The molecule has 1 unspecified atom stereocenters. The minimum absolute atomic E-state index is 0. The van der Waals surface area contributed by atoms with Crippen molar-refractivity contribution in [1.82, 2.24) is 0 Å². The van der Waals surface area contributed by atoms with Gasteiger partial charge in [-0.2, -0.15) is 13.5 Å². The predicted octanol–water partition coefficient (Wildman–Crippen LogP) is 20.3. The Hall–Kier alpha value is -7.85. The van der Waals surface area contributed by atoms with E-state index < -0.39 is 0 Å². The van der Waals surface area contributed by atoms with Gasteiger partial charge in [0.2, 0.25) is 0 Å². The van der Waals surface area contributed by atoms with Gasteiger partial charge in [-0.3, -0.25) is 0 Å². The van der Waals surface area contributed by atoms with E-state index in [9.17, 15) is 0 Å². The van der Waals surface area contributed by atoms with Crippen LogP contribution in [0.15, 0.2) is 254 Å². The van der Waals surface area contributed by atoms with Crippen LogP contribution in [-0.4, -0.2) is 0 Å². The molecule has 0 amide bonds. The third-order valence-corrected chi connectivity index (χ3v) is 14.4. The lowest BCUT2D eigenvalue weighted by molar-refractivity contribution is 0.652. The second kappa shape index (κ2) is 23.6. The Balaban J connectivity index is 0.000000377. The van der Waals surface area contributed by atoms with E-state index in [1.54, 1.807) is 0 Å². The van der Waals surface area contributed by atoms with Gasteiger partial charge in [-0.25, -0.2) is 0 Å². The average molecular weight is 967 g/mol. The van der Waals surface area contributed by atoms with E-state index >= 15 is 0 Å². The van der Waals surface area contributed by atoms with Crippen LogP contribution in [-0.2, 0) is 0 Å². The molecule has 2 aliphatic carbocycles. The molecule has 0 fully saturated rings. The fraction of sp³-hybridized carbons (Fsp3) is 0.143. The highest BCUT2D eigenvalue weighted by Crippen LogP contribution is 2.45. The molecule has 362 valence electrons. The summed E-state index contributed by atoms with van der Waals surface area (Å²) in [5.74, 6) is 0.426. The first-order valence-electron chi connectivity index (χ1n) is 25.7. The van der Waals surface area contributed by atoms with E-state index in [1.807, 2.05) is 0 Å². The second-order valence-electron chi connectivity index (χ2n) is 19.3. The highest BCUT2D eigenvalue weighted by atomic mass is 32.1. The van der Waals surface area contributed by atoms with Crippen LogP contribution in [0.25, 0.3) is 39.0 Å². The summed E-state index contributed by atoms with van der Waals surface area (Å²) in [6, 6.07) is 81.5. The summed E-state index contributed by atoms with van der Waals surface area (Å²) in [7, 11) is 0. The molecule has 0 bridgehead atoms. The van der Waals surface area contributed by atoms with Crippen molar-refractivity contribution in [3.63, 3.8) is 0 Å². The summed E-state index contributed by atoms with van der Waals surface area (Å²) in [5, 5.41) is 0. The highest BCUT2D eigenvalue weighted by Gasteiger charge is 2.22. The number of aryl methyl sites for hydroxylation is 2. The Morgan fingerprint density at radius 1 is 0.411 bits per heavy atom. The molecule has 73 heavy (non-hydrogen) atoms. The van der Waals surface area contributed by atoms with Crippen LogP contribution in [0, 0.1) is 20.8 Å². The van der Waals surface area contributed by atoms with Crippen molar-refractivity contribution in [2.75, 3.05) is 9.80 Å². The molecule has 9 aromatic carbocycles. The van der Waals surface area contributed by atoms with Crippen LogP contribution in [0.4, 0.5) is 34.1 Å². The lowest BCUT2D eigenvalue weighted by Gasteiger charge is -2.31. The van der Waals surface area contributed by atoms with E-state index in [4.69, 9.17) is 0 Å². The maximum absolute atomic E-state index is 2.45. The van der Waals surface area contributed by atoms with Gasteiger partial charge >= 0.3 is 0 Å². The van der Waals surface area contributed by atoms with Crippen molar-refractivity contribution >= 4 is 53.2 Å². The minimum atomic E-state index is 0. The van der Waals surface area contributed by atoms with Crippen molar-refractivity contribution < 1.29 is 0 Å². The summed E-state index contributed by atoms with van der Waals surface area (Å²) >= 11 is 0. The Morgan fingerprint density at radius 2 is 0.932 bits per heavy atom. The fourth-order valence-electron chi connectivity index (χ4n) is 10.4. The molecule has 1 atom stereocenters. The van der Waals surface area contributed by atoms with Gasteiger partial charge in [-0.1, -0.05) is 199 Å². The molecule has 9 aromatic rings. The standard InChI is InChI=1S/C56H48N2.C14H16.H2S/c1-41-30-32-45(33-31-41)46-34-36-50(37-35-46)58(56-29-15-28-55(42(56)2)47-20-10-5-11-21-47)54-27-14-26-53(40-54)57(51-24-12-22-48(38-51)43-16-6-3-7-17-43)52-25-13-23-49(39-52)44-18-8-4-9-19-44;1-11-7-3-5-9-13(11)14-10-6-4-8-12(14)2;/h3-4,6-10,12-20,22-40,47H,5,11,21H2,1-2H3;3,5-7,9-10H,4,8H2,1-2H3;1H2. The Kier molecular flexibility index (Phi) is 16.2. The van der Waals surface area contributed by atoms with E-state index in [1.165, 1.54) is 110 Å². The van der Waals surface area contributed by atoms with Crippen LogP contribution in [0.1, 0.15) is 72.8 Å². The smallest absolute Gasteiger partial charge is 0.0493 e. The number of rotatable bonds is 11. The van der Waals surface area contributed by atoms with Gasteiger partial charge in [-0.15, -0.1) is 0 Å². The Labute approximate surface area is 441 Å². The second-order valence-corrected chi connectivity index (χ2v) is 19.3. The topological polar surface area (TPSA) is 6.48 Å². The van der Waals surface area contributed by atoms with E-state index in [-0.39, 0.29) is 13.5 Å². The Morgan fingerprint density at radius 3 is 1.52 bits per heavy atom. The van der Waals surface area contributed by atoms with Crippen LogP contribution < -0.4 is 9.80 Å². The molecule has 11 rings (SSSR count). The number of allylic oxidation sites excluding steroid dienone is 6. The largest absolute Gasteiger partial charge is 0.310 e. The molecule has 2 aliphatic rings. The Bertz CT molecular complexity index is 3280. The first-order valence-corrected chi connectivity index (χ1v) is 25.7. The van der Waals surface area contributed by atoms with Gasteiger partial charge in [0, 0.05) is 40.0 Å². The molecule has 0 aliphatic heterocycles. The lowest BCUT2D eigenvalue weighted by atomic mass is 9.86. The predicted molar refractivity (Wildman–Crippen MR) is 320 cm³/mol. The molecular formula is C70H66N2S. The highest BCUT2D eigenvalue weighted by molar-refractivity contribution is 7.59. The maximum atomic E-state index is 2.45. The molecule has 0 spiro atoms. The molecule has 0 saturated carbocycles. The molecule has 0 radical (unpaired) electrons. The number of hydrogen-bond acceptors (Lipinski definition) is 2. The number of hydrogen-bond donors (Lipinski definition) is 0. The lowest BCUT2D eigenvalue weighted by Crippen LogP contribution is -2.15. The summed E-state index contributed by atoms with van der Waals surface area (Å²) in [6.07, 6.45) is 15.3. The van der Waals surface area contributed by atoms with E-state index in [0.717, 1.165) is 28.4 Å². The van der Waals surface area contributed by atoms with E-state index in [0.29, 0.717) is 5.92 Å². The third-order valence-electron chi connectivity index (χ3n) is 14.4. The molecule has 0 aromatic heterocycles. The molecule has 0 N–H and O–H groups in total. The zero-order valence-electron chi connectivity index (χ0n) is 42.7. The molecule has 3 heteroatoms. The van der Waals surface area contributed by atoms with Gasteiger partial charge < -0.3 is 9.80 Å². The van der Waals surface area contributed by atoms with E-state index in [2.05, 4.69) is 286 Å². The zero-order valence-corrected chi connectivity index (χ0v) is 43.7. The monoisotopic (exact) mass is 966 g/mol. The normalized spacial score (nSPS) is 13.9. The quantitative estimate of drug-likeness (QED) is 0.119. The number of benzene rings is 9. The van der Waals surface area contributed by atoms with Gasteiger partial charge in [0.25, 0.3) is 0 Å².